The molecule has 0 bridgehead atoms. The maximum atomic E-state index is 12.7. The summed E-state index contributed by atoms with van der Waals surface area (Å²) >= 11 is 6.03. The summed E-state index contributed by atoms with van der Waals surface area (Å²) in [5.74, 6) is 0.336. The van der Waals surface area contributed by atoms with Crippen LogP contribution in [0.5, 0.6) is 0 Å². The minimum Gasteiger partial charge on any atom is -0.348 e. The lowest BCUT2D eigenvalue weighted by Crippen LogP contribution is -2.35. The smallest absolute Gasteiger partial charge is 0.261 e. The van der Waals surface area contributed by atoms with E-state index in [2.05, 4.69) is 10.3 Å². The molecule has 0 fully saturated rings. The van der Waals surface area contributed by atoms with Gasteiger partial charge >= 0.3 is 0 Å². The van der Waals surface area contributed by atoms with Crippen molar-refractivity contribution in [3.63, 3.8) is 0 Å². The highest BCUT2D eigenvalue weighted by molar-refractivity contribution is 6.30. The Bertz CT molecular complexity index is 1070. The van der Waals surface area contributed by atoms with E-state index in [0.717, 1.165) is 18.4 Å². The van der Waals surface area contributed by atoms with Crippen LogP contribution in [0.3, 0.4) is 0 Å². The van der Waals surface area contributed by atoms with Gasteiger partial charge in [0.25, 0.3) is 5.56 Å². The minimum absolute atomic E-state index is 0.0398. The molecule has 1 heterocycles. The highest BCUT2D eigenvalue weighted by atomic mass is 35.5. The second kappa shape index (κ2) is 6.57. The molecule has 6 heteroatoms. The van der Waals surface area contributed by atoms with Gasteiger partial charge in [-0.2, -0.15) is 0 Å². The molecule has 0 saturated heterocycles. The summed E-state index contributed by atoms with van der Waals surface area (Å²) < 4.78 is 1.43. The molecule has 1 N–H and O–H groups in total. The number of fused-ring (bicyclic) bond motifs is 2. The number of hydrogen-bond donors (Lipinski definition) is 1. The van der Waals surface area contributed by atoms with Gasteiger partial charge in [0.2, 0.25) is 5.91 Å². The Balaban J connectivity index is 1.57. The third kappa shape index (κ3) is 2.99. The molecule has 1 aliphatic carbocycles. The number of para-hydroxylation sites is 1. The molecule has 0 spiro atoms. The molecule has 4 rings (SSSR count). The maximum Gasteiger partial charge on any atom is 0.261 e. The Morgan fingerprint density at radius 3 is 2.96 bits per heavy atom. The number of carbonyl (C=O) groups excluding carboxylic acids is 1. The zero-order valence-electron chi connectivity index (χ0n) is 14.3. The third-order valence-electron chi connectivity index (χ3n) is 4.87. The first kappa shape index (κ1) is 16.8. The van der Waals surface area contributed by atoms with Crippen molar-refractivity contribution < 1.29 is 4.79 Å². The van der Waals surface area contributed by atoms with Crippen molar-refractivity contribution in [2.24, 2.45) is 0 Å². The van der Waals surface area contributed by atoms with Gasteiger partial charge in [-0.25, -0.2) is 4.98 Å². The van der Waals surface area contributed by atoms with Crippen LogP contribution in [0.1, 0.15) is 29.4 Å². The predicted molar refractivity (Wildman–Crippen MR) is 101 cm³/mol. The highest BCUT2D eigenvalue weighted by Gasteiger charge is 2.24. The van der Waals surface area contributed by atoms with Crippen LogP contribution in [0, 0.1) is 6.92 Å². The molecule has 2 aromatic carbocycles. The fraction of sp³-hybridized carbons (Fsp3) is 0.250. The Morgan fingerprint density at radius 2 is 2.12 bits per heavy atom. The fourth-order valence-corrected chi connectivity index (χ4v) is 3.78. The van der Waals surface area contributed by atoms with Gasteiger partial charge in [-0.15, -0.1) is 0 Å². The van der Waals surface area contributed by atoms with Gasteiger partial charge in [-0.3, -0.25) is 14.2 Å². The predicted octanol–water partition coefficient (Wildman–Crippen LogP) is 3.16. The molecule has 1 aliphatic rings. The Labute approximate surface area is 155 Å². The van der Waals surface area contributed by atoms with Crippen molar-refractivity contribution in [1.29, 1.82) is 0 Å². The number of hydrogen-bond acceptors (Lipinski definition) is 3. The van der Waals surface area contributed by atoms with E-state index in [1.807, 2.05) is 24.3 Å². The van der Waals surface area contributed by atoms with Crippen LogP contribution in [-0.4, -0.2) is 15.5 Å². The normalized spacial score (nSPS) is 15.8. The Kier molecular flexibility index (Phi) is 4.24. The third-order valence-corrected chi connectivity index (χ3v) is 5.11. The number of nitrogens with zero attached hydrogens (tertiary/aromatic N) is 2. The summed E-state index contributed by atoms with van der Waals surface area (Å²) in [5, 5.41) is 4.26. The van der Waals surface area contributed by atoms with Gasteiger partial charge in [-0.05, 0) is 55.2 Å². The van der Waals surface area contributed by atoms with Crippen molar-refractivity contribution in [1.82, 2.24) is 14.9 Å². The first-order valence-corrected chi connectivity index (χ1v) is 8.94. The van der Waals surface area contributed by atoms with Crippen LogP contribution in [0.15, 0.2) is 47.3 Å². The van der Waals surface area contributed by atoms with Gasteiger partial charge < -0.3 is 5.32 Å². The van der Waals surface area contributed by atoms with Crippen LogP contribution < -0.4 is 10.9 Å². The lowest BCUT2D eigenvalue weighted by Gasteiger charge is -2.16. The topological polar surface area (TPSA) is 64.0 Å². The molecule has 0 saturated carbocycles. The summed E-state index contributed by atoms with van der Waals surface area (Å²) in [4.78, 5) is 29.7. The number of nitrogens with one attached hydrogen (secondary N) is 1. The molecule has 3 aromatic rings. The number of halogens is 1. The molecule has 0 radical (unpaired) electrons. The molecule has 5 nitrogen and oxygen atoms in total. The maximum absolute atomic E-state index is 12.7. The number of benzene rings is 2. The average molecular weight is 368 g/mol. The van der Waals surface area contributed by atoms with Crippen LogP contribution >= 0.6 is 11.6 Å². The zero-order valence-corrected chi connectivity index (χ0v) is 15.1. The molecule has 1 aromatic heterocycles. The van der Waals surface area contributed by atoms with Crippen molar-refractivity contribution in [3.8, 4) is 0 Å². The largest absolute Gasteiger partial charge is 0.348 e. The molecule has 0 aliphatic heterocycles. The molecule has 26 heavy (non-hydrogen) atoms. The lowest BCUT2D eigenvalue weighted by atomic mass is 10.1. The van der Waals surface area contributed by atoms with Gasteiger partial charge in [0.15, 0.2) is 0 Å². The lowest BCUT2D eigenvalue weighted by molar-refractivity contribution is -0.122. The number of rotatable bonds is 3. The van der Waals surface area contributed by atoms with E-state index < -0.39 is 0 Å². The summed E-state index contributed by atoms with van der Waals surface area (Å²) in [5.41, 5.74) is 2.72. The van der Waals surface area contributed by atoms with Crippen molar-refractivity contribution in [2.45, 2.75) is 32.4 Å². The van der Waals surface area contributed by atoms with E-state index in [0.29, 0.717) is 21.7 Å². The van der Waals surface area contributed by atoms with Gasteiger partial charge in [0, 0.05) is 5.02 Å². The summed E-state index contributed by atoms with van der Waals surface area (Å²) in [6, 6.07) is 12.9. The number of carbonyl (C=O) groups is 1. The first-order chi connectivity index (χ1) is 12.5. The molecule has 1 atom stereocenters. The zero-order chi connectivity index (χ0) is 18.3. The van der Waals surface area contributed by atoms with Crippen LogP contribution in [0.4, 0.5) is 0 Å². The highest BCUT2D eigenvalue weighted by Crippen LogP contribution is 2.32. The van der Waals surface area contributed by atoms with E-state index in [4.69, 9.17) is 11.6 Å². The van der Waals surface area contributed by atoms with Crippen molar-refractivity contribution in [3.05, 3.63) is 74.8 Å². The Hall–Kier alpha value is -2.66. The molecular formula is C20H18ClN3O2. The van der Waals surface area contributed by atoms with Crippen LogP contribution in [0.25, 0.3) is 10.9 Å². The summed E-state index contributed by atoms with van der Waals surface area (Å²) in [6.07, 6.45) is 1.72. The molecule has 132 valence electrons. The second-order valence-corrected chi connectivity index (χ2v) is 7.01. The van der Waals surface area contributed by atoms with Crippen molar-refractivity contribution in [2.75, 3.05) is 0 Å². The summed E-state index contributed by atoms with van der Waals surface area (Å²) in [6.45, 7) is 1.70. The van der Waals surface area contributed by atoms with Crippen LogP contribution in [-0.2, 0) is 17.8 Å². The van der Waals surface area contributed by atoms with Gasteiger partial charge in [0.05, 0.1) is 16.9 Å². The molecular weight excluding hydrogens is 350 g/mol. The van der Waals surface area contributed by atoms with E-state index in [1.54, 1.807) is 25.1 Å². The number of aromatic nitrogens is 2. The fourth-order valence-electron chi connectivity index (χ4n) is 3.58. The monoisotopic (exact) mass is 367 g/mol. The van der Waals surface area contributed by atoms with Crippen molar-refractivity contribution >= 4 is 28.4 Å². The van der Waals surface area contributed by atoms with Gasteiger partial charge in [-0.1, -0.05) is 29.8 Å². The average Bonchev–Trinajstić information content (AvgIpc) is 3.00. The van der Waals surface area contributed by atoms with E-state index in [1.165, 1.54) is 10.1 Å². The minimum atomic E-state index is -0.194. The Morgan fingerprint density at radius 1 is 1.31 bits per heavy atom. The molecule has 1 amide bonds. The van der Waals surface area contributed by atoms with Crippen LogP contribution in [0.2, 0.25) is 5.02 Å². The number of aryl methyl sites for hydroxylation is 2. The SMILES string of the molecule is Cc1nc2ccccc2c(=O)n1CC(=O)NC1CCc2cc(Cl)ccc21. The first-order valence-electron chi connectivity index (χ1n) is 8.57. The second-order valence-electron chi connectivity index (χ2n) is 6.57. The summed E-state index contributed by atoms with van der Waals surface area (Å²) in [7, 11) is 0. The van der Waals surface area contributed by atoms with Gasteiger partial charge in [0.1, 0.15) is 12.4 Å². The molecule has 1 unspecified atom stereocenters. The van der Waals surface area contributed by atoms with E-state index in [9.17, 15) is 9.59 Å². The van der Waals surface area contributed by atoms with E-state index >= 15 is 0 Å². The number of amides is 1. The van der Waals surface area contributed by atoms with E-state index in [-0.39, 0.29) is 24.1 Å². The quantitative estimate of drug-likeness (QED) is 0.773. The standard InChI is InChI=1S/C20H18ClN3O2/c1-12-22-17-5-3-2-4-16(17)20(26)24(12)11-19(25)23-18-9-6-13-10-14(21)7-8-15(13)18/h2-5,7-8,10,18H,6,9,11H2,1H3,(H,23,25).